The fourth-order valence-corrected chi connectivity index (χ4v) is 4.77. The summed E-state index contributed by atoms with van der Waals surface area (Å²) in [5.74, 6) is -0.484. The average Bonchev–Trinajstić information content (AvgIpc) is 2.85. The van der Waals surface area contributed by atoms with Crippen LogP contribution >= 0.6 is 0 Å². The van der Waals surface area contributed by atoms with Crippen LogP contribution in [0.25, 0.3) is 11.3 Å². The van der Waals surface area contributed by atoms with E-state index in [9.17, 15) is 8.42 Å². The van der Waals surface area contributed by atoms with E-state index in [0.29, 0.717) is 29.1 Å². The summed E-state index contributed by atoms with van der Waals surface area (Å²) in [5, 5.41) is 28.0. The van der Waals surface area contributed by atoms with Gasteiger partial charge in [-0.1, -0.05) is 24.3 Å². The minimum Gasteiger partial charge on any atom is -0.419 e. The first-order valence-electron chi connectivity index (χ1n) is 11.1. The molecule has 9 nitrogen and oxygen atoms in total. The van der Waals surface area contributed by atoms with Crippen LogP contribution in [0.5, 0.6) is 0 Å². The van der Waals surface area contributed by atoms with E-state index in [4.69, 9.17) is 20.7 Å². The van der Waals surface area contributed by atoms with Crippen LogP contribution in [-0.2, 0) is 21.1 Å². The summed E-state index contributed by atoms with van der Waals surface area (Å²) in [6.07, 6.45) is 1.70. The van der Waals surface area contributed by atoms with E-state index in [-0.39, 0.29) is 35.4 Å². The molecule has 3 rings (SSSR count). The zero-order valence-corrected chi connectivity index (χ0v) is 20.7. The van der Waals surface area contributed by atoms with Crippen molar-refractivity contribution in [3.63, 3.8) is 0 Å². The number of benzene rings is 2. The van der Waals surface area contributed by atoms with Gasteiger partial charge in [-0.05, 0) is 57.1 Å². The Morgan fingerprint density at radius 2 is 1.74 bits per heavy atom. The molecule has 0 spiro atoms. The average molecular weight is 496 g/mol. The first kappa shape index (κ1) is 26.1. The van der Waals surface area contributed by atoms with E-state index in [1.165, 1.54) is 18.3 Å². The molecule has 0 aliphatic carbocycles. The minimum atomic E-state index is -3.55. The molecule has 0 bridgehead atoms. The maximum Gasteiger partial charge on any atom is 0.241 e. The summed E-state index contributed by atoms with van der Waals surface area (Å²) in [5.41, 5.74) is 3.31. The number of nitrogens with one attached hydrogen (secondary N) is 3. The smallest absolute Gasteiger partial charge is 0.241 e. The van der Waals surface area contributed by atoms with Crippen molar-refractivity contribution in [2.45, 2.75) is 37.0 Å². The van der Waals surface area contributed by atoms with Crippen LogP contribution in [-0.4, -0.2) is 54.2 Å². The number of aryl methyl sites for hydroxylation is 1. The molecule has 3 aromatic rings. The molecule has 0 radical (unpaired) electrons. The highest BCUT2D eigenvalue weighted by Crippen LogP contribution is 2.23. The predicted octanol–water partition coefficient (Wildman–Crippen LogP) is 3.08. The van der Waals surface area contributed by atoms with Gasteiger partial charge in [0, 0.05) is 24.3 Å². The van der Waals surface area contributed by atoms with Gasteiger partial charge in [0.1, 0.15) is 5.69 Å². The molecule has 2 aromatic carbocycles. The second kappa shape index (κ2) is 11.3. The van der Waals surface area contributed by atoms with E-state index >= 15 is 0 Å². The number of hydrogen-bond acceptors (Lipinski definition) is 9. The largest absolute Gasteiger partial charge is 0.419 e. The second-order valence-corrected chi connectivity index (χ2v) is 10.4. The van der Waals surface area contributed by atoms with E-state index in [0.717, 1.165) is 5.56 Å². The molecule has 0 fully saturated rings. The lowest BCUT2D eigenvalue weighted by molar-refractivity contribution is 0.287. The first-order valence-corrected chi connectivity index (χ1v) is 12.6. The van der Waals surface area contributed by atoms with Crippen LogP contribution in [0, 0.1) is 17.7 Å². The summed E-state index contributed by atoms with van der Waals surface area (Å²) in [6.45, 7) is 3.77. The van der Waals surface area contributed by atoms with Gasteiger partial charge < -0.3 is 15.2 Å². The zero-order chi connectivity index (χ0) is 25.6. The lowest BCUT2D eigenvalue weighted by Gasteiger charge is -2.13. The van der Waals surface area contributed by atoms with Crippen molar-refractivity contribution in [2.75, 3.05) is 13.7 Å². The highest BCUT2D eigenvalue weighted by molar-refractivity contribution is 7.92. The van der Waals surface area contributed by atoms with Gasteiger partial charge in [0.15, 0.2) is 9.84 Å². The maximum absolute atomic E-state index is 12.6. The minimum absolute atomic E-state index is 0.160. The molecule has 1 aromatic heterocycles. The van der Waals surface area contributed by atoms with Gasteiger partial charge in [-0.15, -0.1) is 0 Å². The van der Waals surface area contributed by atoms with Crippen LogP contribution < -0.4 is 5.32 Å². The molecular weight excluding hydrogens is 466 g/mol. The van der Waals surface area contributed by atoms with Crippen LogP contribution in [0.2, 0.25) is 0 Å². The van der Waals surface area contributed by atoms with Gasteiger partial charge in [-0.3, -0.25) is 15.8 Å². The normalized spacial score (nSPS) is 12.2. The molecule has 1 atom stereocenters. The van der Waals surface area contributed by atoms with E-state index in [1.807, 2.05) is 19.2 Å². The van der Waals surface area contributed by atoms with Crippen LogP contribution in [0.15, 0.2) is 59.6 Å². The molecule has 1 heterocycles. The Bertz CT molecular complexity index is 1310. The Hall–Kier alpha value is -3.47. The summed E-state index contributed by atoms with van der Waals surface area (Å²) in [6, 6.07) is 13.5. The van der Waals surface area contributed by atoms with Gasteiger partial charge in [0.25, 0.3) is 0 Å². The lowest BCUT2D eigenvalue weighted by Crippen LogP contribution is -2.19. The van der Waals surface area contributed by atoms with Gasteiger partial charge in [-0.25, -0.2) is 13.4 Å². The number of hydrogen-bond donors (Lipinski definition) is 4. The number of ether oxygens (including phenoxy) is 1. The standard InChI is InChI=1S/C25H29N5O4S/c1-16(12-13-31)35(32,33)21-10-8-19(9-11-21)22-15-29-17(2)23(30-22)25(27)34-24(26)20-6-4-18(5-7-20)14-28-3/h4-11,15-16,26-28,31H,12-14H2,1-3H3. The van der Waals surface area contributed by atoms with E-state index in [2.05, 4.69) is 15.3 Å². The number of rotatable bonds is 9. The lowest BCUT2D eigenvalue weighted by atomic mass is 10.1. The highest BCUT2D eigenvalue weighted by atomic mass is 32.2. The zero-order valence-electron chi connectivity index (χ0n) is 19.9. The molecule has 35 heavy (non-hydrogen) atoms. The Morgan fingerprint density at radius 3 is 2.34 bits per heavy atom. The summed E-state index contributed by atoms with van der Waals surface area (Å²) in [4.78, 5) is 8.95. The maximum atomic E-state index is 12.6. The van der Waals surface area contributed by atoms with Crippen molar-refractivity contribution < 1.29 is 18.3 Å². The van der Waals surface area contributed by atoms with Crippen molar-refractivity contribution in [3.05, 3.63) is 77.2 Å². The highest BCUT2D eigenvalue weighted by Gasteiger charge is 2.23. The third-order valence-electron chi connectivity index (χ3n) is 5.52. The number of aliphatic hydroxyl groups excluding tert-OH is 1. The topological polar surface area (TPSA) is 149 Å². The van der Waals surface area contributed by atoms with Crippen LogP contribution in [0.3, 0.4) is 0 Å². The van der Waals surface area contributed by atoms with Gasteiger partial charge in [0.05, 0.1) is 27.7 Å². The molecule has 0 aliphatic heterocycles. The Kier molecular flexibility index (Phi) is 8.44. The molecule has 184 valence electrons. The number of aliphatic hydroxyl groups is 1. The van der Waals surface area contributed by atoms with Gasteiger partial charge in [-0.2, -0.15) is 0 Å². The first-order chi connectivity index (χ1) is 16.7. The van der Waals surface area contributed by atoms with Crippen molar-refractivity contribution in [1.29, 1.82) is 10.8 Å². The van der Waals surface area contributed by atoms with Crippen molar-refractivity contribution in [3.8, 4) is 11.3 Å². The van der Waals surface area contributed by atoms with Crippen molar-refractivity contribution in [1.82, 2.24) is 15.3 Å². The molecular formula is C25H29N5O4S. The Labute approximate surface area is 205 Å². The summed E-state index contributed by atoms with van der Waals surface area (Å²) in [7, 11) is -1.70. The van der Waals surface area contributed by atoms with Crippen molar-refractivity contribution in [2.24, 2.45) is 0 Å². The molecule has 1 unspecified atom stereocenters. The van der Waals surface area contributed by atoms with Crippen LogP contribution in [0.1, 0.15) is 35.9 Å². The monoisotopic (exact) mass is 495 g/mol. The molecule has 10 heteroatoms. The molecule has 4 N–H and O–H groups in total. The van der Waals surface area contributed by atoms with Crippen LogP contribution in [0.4, 0.5) is 0 Å². The molecule has 0 amide bonds. The number of nitrogens with zero attached hydrogens (tertiary/aromatic N) is 2. The second-order valence-electron chi connectivity index (χ2n) is 8.07. The van der Waals surface area contributed by atoms with Gasteiger partial charge >= 0.3 is 0 Å². The molecule has 0 saturated heterocycles. The van der Waals surface area contributed by atoms with Crippen molar-refractivity contribution >= 4 is 21.6 Å². The molecule has 0 aliphatic rings. The molecule has 0 saturated carbocycles. The van der Waals surface area contributed by atoms with E-state index < -0.39 is 15.1 Å². The Balaban J connectivity index is 1.79. The summed E-state index contributed by atoms with van der Waals surface area (Å²) >= 11 is 0. The Morgan fingerprint density at radius 1 is 1.09 bits per heavy atom. The SMILES string of the molecule is CNCc1ccc(C(=N)OC(=N)c2nc(-c3ccc(S(=O)(=O)C(C)CCO)cc3)cnc2C)cc1. The van der Waals surface area contributed by atoms with E-state index in [1.54, 1.807) is 38.1 Å². The predicted molar refractivity (Wildman–Crippen MR) is 135 cm³/mol. The summed E-state index contributed by atoms with van der Waals surface area (Å²) < 4.78 is 30.7. The third kappa shape index (κ3) is 6.16. The fraction of sp³-hybridized carbons (Fsp3) is 0.280. The van der Waals surface area contributed by atoms with Gasteiger partial charge in [0.2, 0.25) is 11.8 Å². The third-order valence-corrected chi connectivity index (χ3v) is 7.74. The number of aromatic nitrogens is 2. The quantitative estimate of drug-likeness (QED) is 0.263. The fourth-order valence-electron chi connectivity index (χ4n) is 3.38. The number of sulfone groups is 1.